The van der Waals surface area contributed by atoms with Gasteiger partial charge in [0, 0.05) is 44.3 Å². The van der Waals surface area contributed by atoms with Crippen molar-refractivity contribution in [3.63, 3.8) is 0 Å². The minimum Gasteiger partial charge on any atom is -0.465 e. The first-order valence-electron chi connectivity index (χ1n) is 12.3. The third-order valence-corrected chi connectivity index (χ3v) is 6.34. The van der Waals surface area contributed by atoms with E-state index in [1.54, 1.807) is 37.4 Å². The van der Waals surface area contributed by atoms with Crippen LogP contribution in [0, 0.1) is 6.92 Å². The lowest BCUT2D eigenvalue weighted by molar-refractivity contribution is -0.128. The Morgan fingerprint density at radius 1 is 1.10 bits per heavy atom. The Kier molecular flexibility index (Phi) is 6.19. The molecule has 1 amide bonds. The molecule has 5 aromatic rings. The molecule has 0 radical (unpaired) electrons. The summed E-state index contributed by atoms with van der Waals surface area (Å²) < 4.78 is 16.0. The average molecular weight is 526 g/mol. The van der Waals surface area contributed by atoms with Gasteiger partial charge in [0.15, 0.2) is 5.82 Å². The molecule has 12 heteroatoms. The third-order valence-electron chi connectivity index (χ3n) is 6.34. The van der Waals surface area contributed by atoms with Crippen LogP contribution >= 0.6 is 0 Å². The van der Waals surface area contributed by atoms with Crippen molar-refractivity contribution in [2.75, 3.05) is 13.7 Å². The minimum atomic E-state index is -0.462. The number of fused-ring (bicyclic) bond motifs is 1. The predicted molar refractivity (Wildman–Crippen MR) is 138 cm³/mol. The number of ether oxygens (including phenoxy) is 2. The number of nitrogens with zero attached hydrogens (tertiary/aromatic N) is 6. The van der Waals surface area contributed by atoms with Crippen LogP contribution in [-0.2, 0) is 16.1 Å². The Balaban J connectivity index is 1.33. The number of aromatic amines is 1. The van der Waals surface area contributed by atoms with Gasteiger partial charge in [-0.25, -0.2) is 14.8 Å². The first-order chi connectivity index (χ1) is 19.0. The fourth-order valence-electron chi connectivity index (χ4n) is 4.37. The van der Waals surface area contributed by atoms with Gasteiger partial charge >= 0.3 is 5.97 Å². The van der Waals surface area contributed by atoms with E-state index >= 15 is 0 Å². The largest absolute Gasteiger partial charge is 0.465 e. The summed E-state index contributed by atoms with van der Waals surface area (Å²) in [6, 6.07) is 10.6. The van der Waals surface area contributed by atoms with Gasteiger partial charge in [0.25, 0.3) is 0 Å². The molecule has 0 saturated carbocycles. The molecular formula is C27H23N7O5. The Morgan fingerprint density at radius 2 is 1.95 bits per heavy atom. The molecule has 0 unspecified atom stereocenters. The molecule has 1 aliphatic rings. The first kappa shape index (κ1) is 24.2. The number of carbonyl (C=O) groups excluding carboxylic acids is 2. The van der Waals surface area contributed by atoms with Gasteiger partial charge < -0.3 is 23.9 Å². The van der Waals surface area contributed by atoms with Crippen LogP contribution in [0.15, 0.2) is 53.3 Å². The van der Waals surface area contributed by atoms with Gasteiger partial charge in [0.1, 0.15) is 22.9 Å². The van der Waals surface area contributed by atoms with Gasteiger partial charge in [-0.05, 0) is 36.8 Å². The van der Waals surface area contributed by atoms with E-state index in [9.17, 15) is 9.59 Å². The number of aromatic nitrogens is 6. The molecule has 0 bridgehead atoms. The Morgan fingerprint density at radius 3 is 2.62 bits per heavy atom. The highest BCUT2D eigenvalue weighted by Gasteiger charge is 2.23. The molecule has 0 aliphatic carbocycles. The molecule has 0 spiro atoms. The summed E-state index contributed by atoms with van der Waals surface area (Å²) in [5.74, 6) is 2.09. The van der Waals surface area contributed by atoms with Gasteiger partial charge in [-0.15, -0.1) is 0 Å². The van der Waals surface area contributed by atoms with Gasteiger partial charge in [0.2, 0.25) is 17.6 Å². The number of hydrogen-bond donors (Lipinski definition) is 1. The summed E-state index contributed by atoms with van der Waals surface area (Å²) in [6.07, 6.45) is 4.40. The van der Waals surface area contributed by atoms with Gasteiger partial charge in [-0.3, -0.25) is 9.78 Å². The number of likely N-dealkylation sites (tertiary alicyclic amines) is 1. The second kappa shape index (κ2) is 9.97. The highest BCUT2D eigenvalue weighted by atomic mass is 16.5. The van der Waals surface area contributed by atoms with Crippen molar-refractivity contribution in [3.05, 3.63) is 65.8 Å². The maximum atomic E-state index is 12.4. The lowest BCUT2D eigenvalue weighted by Gasteiger charge is -2.18. The normalized spacial score (nSPS) is 13.3. The molecule has 1 N–H and O–H groups in total. The fourth-order valence-corrected chi connectivity index (χ4v) is 4.37. The molecule has 6 rings (SSSR count). The van der Waals surface area contributed by atoms with E-state index in [0.717, 1.165) is 17.5 Å². The number of pyridine rings is 2. The smallest absolute Gasteiger partial charge is 0.339 e. The van der Waals surface area contributed by atoms with E-state index in [4.69, 9.17) is 14.0 Å². The maximum absolute atomic E-state index is 12.4. The summed E-state index contributed by atoms with van der Waals surface area (Å²) >= 11 is 0. The van der Waals surface area contributed by atoms with Crippen molar-refractivity contribution in [1.82, 2.24) is 35.0 Å². The molecule has 1 saturated heterocycles. The highest BCUT2D eigenvalue weighted by molar-refractivity contribution is 5.89. The Labute approximate surface area is 222 Å². The summed E-state index contributed by atoms with van der Waals surface area (Å²) in [6.45, 7) is 2.81. The number of hydrogen-bond acceptors (Lipinski definition) is 10. The van der Waals surface area contributed by atoms with Gasteiger partial charge in [-0.1, -0.05) is 5.16 Å². The monoisotopic (exact) mass is 525 g/mol. The number of methoxy groups -OCH3 is 1. The molecular weight excluding hydrogens is 502 g/mol. The van der Waals surface area contributed by atoms with E-state index in [1.165, 1.54) is 13.3 Å². The predicted octanol–water partition coefficient (Wildman–Crippen LogP) is 4.08. The number of aryl methyl sites for hydroxylation is 1. The van der Waals surface area contributed by atoms with Crippen molar-refractivity contribution in [2.45, 2.75) is 26.3 Å². The summed E-state index contributed by atoms with van der Waals surface area (Å²) in [4.78, 5) is 46.8. The second-order valence-electron chi connectivity index (χ2n) is 9.02. The Bertz CT molecular complexity index is 1680. The lowest BCUT2D eigenvalue weighted by Crippen LogP contribution is -2.24. The Hall–Kier alpha value is -5.13. The van der Waals surface area contributed by atoms with Gasteiger partial charge in [-0.2, -0.15) is 4.98 Å². The zero-order valence-corrected chi connectivity index (χ0v) is 21.2. The first-order valence-corrected chi connectivity index (χ1v) is 12.3. The average Bonchev–Trinajstić information content (AvgIpc) is 3.69. The molecule has 5 heterocycles. The number of benzene rings is 1. The van der Waals surface area contributed by atoms with Crippen molar-refractivity contribution >= 4 is 22.9 Å². The SMILES string of the molecule is COC(=O)c1ccc(-c2nc3cc(Oc4ccc(-c5noc(C)n5)nc4)c(CN4CCCC4=O)cc3[nH]2)nc1. The van der Waals surface area contributed by atoms with E-state index < -0.39 is 5.97 Å². The van der Waals surface area contributed by atoms with E-state index in [2.05, 4.69) is 30.1 Å². The number of carbonyl (C=O) groups is 2. The molecule has 4 aromatic heterocycles. The van der Waals surface area contributed by atoms with E-state index in [-0.39, 0.29) is 5.91 Å². The number of rotatable bonds is 7. The molecule has 196 valence electrons. The van der Waals surface area contributed by atoms with Crippen LogP contribution in [0.2, 0.25) is 0 Å². The quantitative estimate of drug-likeness (QED) is 0.308. The number of imidazole rings is 1. The summed E-state index contributed by atoms with van der Waals surface area (Å²) in [5, 5.41) is 3.89. The summed E-state index contributed by atoms with van der Waals surface area (Å²) in [5.41, 5.74) is 3.70. The lowest BCUT2D eigenvalue weighted by atomic mass is 10.1. The van der Waals surface area contributed by atoms with Crippen molar-refractivity contribution in [3.8, 4) is 34.5 Å². The summed E-state index contributed by atoms with van der Waals surface area (Å²) in [7, 11) is 1.32. The minimum absolute atomic E-state index is 0.114. The van der Waals surface area contributed by atoms with Crippen LogP contribution in [0.3, 0.4) is 0 Å². The van der Waals surface area contributed by atoms with Crippen LogP contribution in [0.4, 0.5) is 0 Å². The van der Waals surface area contributed by atoms with Crippen molar-refractivity contribution < 1.29 is 23.6 Å². The van der Waals surface area contributed by atoms with Crippen LogP contribution in [0.25, 0.3) is 34.1 Å². The third kappa shape index (κ3) is 4.91. The van der Waals surface area contributed by atoms with Gasteiger partial charge in [0.05, 0.1) is 29.9 Å². The fraction of sp³-hybridized carbons (Fsp3) is 0.222. The van der Waals surface area contributed by atoms with Crippen molar-refractivity contribution in [2.24, 2.45) is 0 Å². The van der Waals surface area contributed by atoms with Crippen LogP contribution in [0.1, 0.15) is 34.7 Å². The molecule has 0 atom stereocenters. The maximum Gasteiger partial charge on any atom is 0.339 e. The molecule has 1 fully saturated rings. The number of amides is 1. The number of esters is 1. The van der Waals surface area contributed by atoms with Crippen LogP contribution in [0.5, 0.6) is 11.5 Å². The zero-order valence-electron chi connectivity index (χ0n) is 21.2. The highest BCUT2D eigenvalue weighted by Crippen LogP contribution is 2.32. The standard InChI is InChI=1S/C27H23N7O5/c1-15-30-26(33-39-15)20-8-6-18(13-29-20)38-23-11-22-21(10-17(23)14-34-9-3-4-24(34)35)31-25(32-22)19-7-5-16(12-28-19)27(36)37-2/h5-8,10-13H,3-4,9,14H2,1-2H3,(H,31,32). The molecule has 39 heavy (non-hydrogen) atoms. The second-order valence-corrected chi connectivity index (χ2v) is 9.02. The number of nitrogens with one attached hydrogen (secondary N) is 1. The molecule has 1 aromatic carbocycles. The zero-order chi connectivity index (χ0) is 26.9. The van der Waals surface area contributed by atoms with Crippen molar-refractivity contribution in [1.29, 1.82) is 0 Å². The molecule has 12 nitrogen and oxygen atoms in total. The van der Waals surface area contributed by atoms with E-state index in [1.807, 2.05) is 17.0 Å². The van der Waals surface area contributed by atoms with E-state index in [0.29, 0.717) is 71.0 Å². The van der Waals surface area contributed by atoms with Crippen LogP contribution < -0.4 is 4.74 Å². The number of H-pyrrole nitrogens is 1. The van der Waals surface area contributed by atoms with Crippen LogP contribution in [-0.4, -0.2) is 60.5 Å². The topological polar surface area (TPSA) is 149 Å². The molecule has 1 aliphatic heterocycles.